The highest BCUT2D eigenvalue weighted by Gasteiger charge is 2.35. The van der Waals surface area contributed by atoms with E-state index in [1.807, 2.05) is 32.0 Å². The van der Waals surface area contributed by atoms with Crippen LogP contribution in [0.3, 0.4) is 0 Å². The maximum atomic E-state index is 12.8. The maximum absolute atomic E-state index is 12.8. The van der Waals surface area contributed by atoms with Gasteiger partial charge in [-0.3, -0.25) is 4.79 Å². The van der Waals surface area contributed by atoms with Gasteiger partial charge in [0.25, 0.3) is 5.91 Å². The molecule has 168 valence electrons. The van der Waals surface area contributed by atoms with E-state index >= 15 is 0 Å². The Bertz CT molecular complexity index is 1070. The molecule has 0 radical (unpaired) electrons. The molecule has 1 atom stereocenters. The molecule has 0 spiro atoms. The van der Waals surface area contributed by atoms with Gasteiger partial charge in [-0.15, -0.1) is 0 Å². The Hall–Kier alpha value is -2.39. The van der Waals surface area contributed by atoms with Crippen molar-refractivity contribution in [1.29, 1.82) is 0 Å². The summed E-state index contributed by atoms with van der Waals surface area (Å²) in [5, 5.41) is 4.40. The summed E-state index contributed by atoms with van der Waals surface area (Å²) < 4.78 is 30.4. The van der Waals surface area contributed by atoms with Gasteiger partial charge in [0.15, 0.2) is 16.4 Å². The van der Waals surface area contributed by atoms with Gasteiger partial charge in [-0.1, -0.05) is 43.6 Å². The van der Waals surface area contributed by atoms with Crippen molar-refractivity contribution in [1.82, 2.24) is 14.7 Å². The topological polar surface area (TPSA) is 98.6 Å². The molecule has 1 fully saturated rings. The Balaban J connectivity index is 1.72. The van der Waals surface area contributed by atoms with Gasteiger partial charge >= 0.3 is 5.97 Å². The number of rotatable bonds is 7. The Kier molecular flexibility index (Phi) is 7.06. The molecule has 1 aromatic carbocycles. The predicted molar refractivity (Wildman–Crippen MR) is 117 cm³/mol. The van der Waals surface area contributed by atoms with E-state index in [1.54, 1.807) is 19.1 Å². The minimum absolute atomic E-state index is 0.0613. The molecule has 2 heterocycles. The van der Waals surface area contributed by atoms with Crippen LogP contribution >= 0.6 is 11.6 Å². The lowest BCUT2D eigenvalue weighted by Crippen LogP contribution is -2.45. The molecule has 2 aromatic rings. The number of halogens is 1. The van der Waals surface area contributed by atoms with Crippen molar-refractivity contribution in [3.8, 4) is 5.69 Å². The highest BCUT2D eigenvalue weighted by Crippen LogP contribution is 2.24. The van der Waals surface area contributed by atoms with Gasteiger partial charge < -0.3 is 9.64 Å². The molecule has 1 aliphatic heterocycles. The van der Waals surface area contributed by atoms with Crippen molar-refractivity contribution < 1.29 is 22.7 Å². The van der Waals surface area contributed by atoms with Crippen molar-refractivity contribution in [3.63, 3.8) is 0 Å². The molecule has 0 N–H and O–H groups in total. The molecule has 31 heavy (non-hydrogen) atoms. The van der Waals surface area contributed by atoms with Crippen molar-refractivity contribution in [2.75, 3.05) is 24.7 Å². The quantitative estimate of drug-likeness (QED) is 0.580. The SMILES string of the molecule is Cc1nn(-c2ccccc2)c(Cl)c1C(=O)OCC(=O)N(CC(C)C)[C@H]1CCS(=O)(=O)C1. The largest absolute Gasteiger partial charge is 0.452 e. The van der Waals surface area contributed by atoms with E-state index in [2.05, 4.69) is 5.10 Å². The van der Waals surface area contributed by atoms with Gasteiger partial charge in [-0.05, 0) is 31.4 Å². The van der Waals surface area contributed by atoms with Crippen LogP contribution in [-0.4, -0.2) is 65.7 Å². The molecule has 0 unspecified atom stereocenters. The summed E-state index contributed by atoms with van der Waals surface area (Å²) in [4.78, 5) is 27.0. The summed E-state index contributed by atoms with van der Waals surface area (Å²) in [6, 6.07) is 8.71. The van der Waals surface area contributed by atoms with Gasteiger partial charge in [0.1, 0.15) is 10.7 Å². The molecule has 1 amide bonds. The van der Waals surface area contributed by atoms with E-state index in [9.17, 15) is 18.0 Å². The van der Waals surface area contributed by atoms with E-state index < -0.39 is 34.4 Å². The molecule has 1 aromatic heterocycles. The highest BCUT2D eigenvalue weighted by molar-refractivity contribution is 7.91. The lowest BCUT2D eigenvalue weighted by atomic mass is 10.1. The zero-order valence-electron chi connectivity index (χ0n) is 17.7. The smallest absolute Gasteiger partial charge is 0.343 e. The highest BCUT2D eigenvalue weighted by atomic mass is 35.5. The number of aryl methyl sites for hydroxylation is 1. The van der Waals surface area contributed by atoms with E-state index in [1.165, 1.54) is 9.58 Å². The summed E-state index contributed by atoms with van der Waals surface area (Å²) in [5.41, 5.74) is 1.17. The molecule has 8 nitrogen and oxygen atoms in total. The lowest BCUT2D eigenvalue weighted by molar-refractivity contribution is -0.137. The number of nitrogens with zero attached hydrogens (tertiary/aromatic N) is 3. The second-order valence-corrected chi connectivity index (χ2v) is 10.7. The first-order valence-corrected chi connectivity index (χ1v) is 12.3. The average Bonchev–Trinajstić information content (AvgIpc) is 3.22. The van der Waals surface area contributed by atoms with Crippen molar-refractivity contribution in [2.45, 2.75) is 33.2 Å². The van der Waals surface area contributed by atoms with Crippen molar-refractivity contribution in [2.24, 2.45) is 5.92 Å². The first-order chi connectivity index (χ1) is 14.6. The number of amides is 1. The summed E-state index contributed by atoms with van der Waals surface area (Å²) in [7, 11) is -3.15. The number of carbonyl (C=O) groups excluding carboxylic acids is 2. The monoisotopic (exact) mass is 467 g/mol. The van der Waals surface area contributed by atoms with Crippen LogP contribution in [0.2, 0.25) is 5.15 Å². The maximum Gasteiger partial charge on any atom is 0.343 e. The van der Waals surface area contributed by atoms with Gasteiger partial charge in [0.05, 0.1) is 22.9 Å². The zero-order valence-corrected chi connectivity index (χ0v) is 19.3. The Labute approximate surface area is 187 Å². The minimum Gasteiger partial charge on any atom is -0.452 e. The third-order valence-electron chi connectivity index (χ3n) is 5.07. The van der Waals surface area contributed by atoms with Crippen LogP contribution in [0.15, 0.2) is 30.3 Å². The number of hydrogen-bond acceptors (Lipinski definition) is 6. The van der Waals surface area contributed by atoms with Gasteiger partial charge in [-0.25, -0.2) is 17.9 Å². The summed E-state index contributed by atoms with van der Waals surface area (Å²) in [5.74, 6) is -1.03. The molecule has 10 heteroatoms. The molecule has 0 bridgehead atoms. The first-order valence-electron chi connectivity index (χ1n) is 10.1. The fraction of sp³-hybridized carbons (Fsp3) is 0.476. The lowest BCUT2D eigenvalue weighted by Gasteiger charge is -2.29. The summed E-state index contributed by atoms with van der Waals surface area (Å²) in [6.45, 7) is 5.42. The van der Waals surface area contributed by atoms with Crippen LogP contribution in [-0.2, 0) is 19.4 Å². The average molecular weight is 468 g/mol. The number of esters is 1. The summed E-state index contributed by atoms with van der Waals surface area (Å²) in [6.07, 6.45) is 0.392. The van der Waals surface area contributed by atoms with Crippen molar-refractivity contribution >= 4 is 33.3 Å². The van der Waals surface area contributed by atoms with Crippen LogP contribution in [0.25, 0.3) is 5.69 Å². The normalized spacial score (nSPS) is 17.6. The number of hydrogen-bond donors (Lipinski definition) is 0. The number of carbonyl (C=O) groups is 2. The van der Waals surface area contributed by atoms with Gasteiger partial charge in [-0.2, -0.15) is 5.10 Å². The van der Waals surface area contributed by atoms with E-state index in [0.29, 0.717) is 24.3 Å². The molecular formula is C21H26ClN3O5S. The van der Waals surface area contributed by atoms with Crippen LogP contribution < -0.4 is 0 Å². The van der Waals surface area contributed by atoms with E-state index in [-0.39, 0.29) is 28.1 Å². The predicted octanol–water partition coefficient (Wildman–Crippen LogP) is 2.66. The van der Waals surface area contributed by atoms with E-state index in [4.69, 9.17) is 16.3 Å². The number of benzene rings is 1. The van der Waals surface area contributed by atoms with Crippen molar-refractivity contribution in [3.05, 3.63) is 46.7 Å². The molecule has 0 aliphatic carbocycles. The third kappa shape index (κ3) is 5.46. The third-order valence-corrected chi connectivity index (χ3v) is 7.17. The van der Waals surface area contributed by atoms with E-state index in [0.717, 1.165) is 0 Å². The number of para-hydroxylation sites is 1. The zero-order chi connectivity index (χ0) is 22.8. The Morgan fingerprint density at radius 1 is 1.29 bits per heavy atom. The van der Waals surface area contributed by atoms with Crippen LogP contribution in [0.5, 0.6) is 0 Å². The van der Waals surface area contributed by atoms with Gasteiger partial charge in [0, 0.05) is 12.6 Å². The Morgan fingerprint density at radius 2 is 1.97 bits per heavy atom. The molecule has 1 saturated heterocycles. The fourth-order valence-corrected chi connectivity index (χ4v) is 5.70. The fourth-order valence-electron chi connectivity index (χ4n) is 3.62. The second kappa shape index (κ2) is 9.40. The summed E-state index contributed by atoms with van der Waals surface area (Å²) >= 11 is 6.38. The molecule has 3 rings (SSSR count). The second-order valence-electron chi connectivity index (χ2n) is 8.07. The van der Waals surface area contributed by atoms with Crippen LogP contribution in [0, 0.1) is 12.8 Å². The minimum atomic E-state index is -3.15. The first kappa shape index (κ1) is 23.3. The van der Waals surface area contributed by atoms with Crippen LogP contribution in [0.1, 0.15) is 36.3 Å². The molecule has 0 saturated carbocycles. The van der Waals surface area contributed by atoms with Gasteiger partial charge in [0.2, 0.25) is 0 Å². The standard InChI is InChI=1S/C21H26ClN3O5S/c1-14(2)11-24(17-9-10-31(28,29)13-17)18(26)12-30-21(27)19-15(3)23-25(20(19)22)16-7-5-4-6-8-16/h4-8,14,17H,9-13H2,1-3H3/t17-/m0/s1. The Morgan fingerprint density at radius 3 is 2.55 bits per heavy atom. The van der Waals surface area contributed by atoms with Crippen LogP contribution in [0.4, 0.5) is 0 Å². The molecule has 1 aliphatic rings. The molecular weight excluding hydrogens is 442 g/mol. The number of sulfone groups is 1. The number of ether oxygens (including phenoxy) is 1. The number of aromatic nitrogens is 2.